The Bertz CT molecular complexity index is 534. The summed E-state index contributed by atoms with van der Waals surface area (Å²) in [6.07, 6.45) is 0.162. The lowest BCUT2D eigenvalue weighted by molar-refractivity contribution is 0.144. The Morgan fingerprint density at radius 1 is 1.15 bits per heavy atom. The van der Waals surface area contributed by atoms with E-state index in [0.717, 1.165) is 23.2 Å². The van der Waals surface area contributed by atoms with Crippen LogP contribution in [0.3, 0.4) is 0 Å². The molecule has 0 spiro atoms. The highest BCUT2D eigenvalue weighted by Crippen LogP contribution is 2.20. The van der Waals surface area contributed by atoms with Crippen LogP contribution in [-0.2, 0) is 9.84 Å². The summed E-state index contributed by atoms with van der Waals surface area (Å²) in [7, 11) is -2.82. The first-order valence-electron chi connectivity index (χ1n) is 7.05. The molecule has 1 heterocycles. The van der Waals surface area contributed by atoms with Gasteiger partial charge in [0.05, 0.1) is 17.6 Å². The van der Waals surface area contributed by atoms with Crippen molar-refractivity contribution in [3.63, 3.8) is 0 Å². The van der Waals surface area contributed by atoms with Gasteiger partial charge in [0, 0.05) is 19.6 Å². The molecule has 5 heteroatoms. The SMILES string of the molecule is Cc1cc(C)cc(C(O)CCN2CCS(=O)(=O)CC2)c1. The maximum Gasteiger partial charge on any atom is 0.152 e. The largest absolute Gasteiger partial charge is 0.388 e. The fourth-order valence-corrected chi connectivity index (χ4v) is 3.92. The smallest absolute Gasteiger partial charge is 0.152 e. The second-order valence-corrected chi connectivity index (χ2v) is 8.02. The molecule has 1 saturated heterocycles. The van der Waals surface area contributed by atoms with Crippen LogP contribution >= 0.6 is 0 Å². The zero-order valence-corrected chi connectivity index (χ0v) is 13.0. The van der Waals surface area contributed by atoms with E-state index in [1.807, 2.05) is 26.0 Å². The Morgan fingerprint density at radius 3 is 2.25 bits per heavy atom. The molecular weight excluding hydrogens is 274 g/mol. The molecule has 0 aliphatic carbocycles. The molecule has 112 valence electrons. The van der Waals surface area contributed by atoms with Gasteiger partial charge in [-0.2, -0.15) is 0 Å². The second kappa shape index (κ2) is 6.24. The number of aryl methyl sites for hydroxylation is 2. The summed E-state index contributed by atoms with van der Waals surface area (Å²) in [5.41, 5.74) is 3.26. The molecule has 0 amide bonds. The van der Waals surface area contributed by atoms with Gasteiger partial charge in [-0.25, -0.2) is 8.42 Å². The Kier molecular flexibility index (Phi) is 4.83. The summed E-state index contributed by atoms with van der Waals surface area (Å²) >= 11 is 0. The minimum absolute atomic E-state index is 0.243. The molecule has 2 rings (SSSR count). The fraction of sp³-hybridized carbons (Fsp3) is 0.600. The monoisotopic (exact) mass is 297 g/mol. The molecule has 20 heavy (non-hydrogen) atoms. The zero-order chi connectivity index (χ0) is 14.8. The Morgan fingerprint density at radius 2 is 1.70 bits per heavy atom. The standard InChI is InChI=1S/C15H23NO3S/c1-12-9-13(2)11-14(10-12)15(17)3-4-16-5-7-20(18,19)8-6-16/h9-11,15,17H,3-8H2,1-2H3. The number of hydrogen-bond donors (Lipinski definition) is 1. The van der Waals surface area contributed by atoms with Gasteiger partial charge in [0.1, 0.15) is 0 Å². The van der Waals surface area contributed by atoms with Crippen molar-refractivity contribution in [2.45, 2.75) is 26.4 Å². The van der Waals surface area contributed by atoms with Crippen LogP contribution in [0.1, 0.15) is 29.2 Å². The molecule has 1 aromatic carbocycles. The van der Waals surface area contributed by atoms with Gasteiger partial charge >= 0.3 is 0 Å². The van der Waals surface area contributed by atoms with Gasteiger partial charge in [-0.05, 0) is 25.8 Å². The van der Waals surface area contributed by atoms with Crippen LogP contribution in [0.25, 0.3) is 0 Å². The average Bonchev–Trinajstić information content (AvgIpc) is 2.36. The quantitative estimate of drug-likeness (QED) is 0.914. The van der Waals surface area contributed by atoms with E-state index in [1.165, 1.54) is 0 Å². The highest BCUT2D eigenvalue weighted by molar-refractivity contribution is 7.91. The minimum Gasteiger partial charge on any atom is -0.388 e. The van der Waals surface area contributed by atoms with Crippen LogP contribution < -0.4 is 0 Å². The first-order chi connectivity index (χ1) is 9.35. The van der Waals surface area contributed by atoms with E-state index in [4.69, 9.17) is 0 Å². The molecule has 1 aliphatic rings. The molecule has 0 radical (unpaired) electrons. The van der Waals surface area contributed by atoms with Crippen LogP contribution in [0, 0.1) is 13.8 Å². The van der Waals surface area contributed by atoms with Gasteiger partial charge in [0.25, 0.3) is 0 Å². The Labute approximate surface area is 121 Å². The van der Waals surface area contributed by atoms with E-state index < -0.39 is 15.9 Å². The molecule has 4 nitrogen and oxygen atoms in total. The molecule has 1 aromatic rings. The van der Waals surface area contributed by atoms with Gasteiger partial charge in [-0.1, -0.05) is 29.3 Å². The predicted octanol–water partition coefficient (Wildman–Crippen LogP) is 1.46. The van der Waals surface area contributed by atoms with Gasteiger partial charge in [-0.3, -0.25) is 0 Å². The van der Waals surface area contributed by atoms with Gasteiger partial charge in [0.15, 0.2) is 9.84 Å². The fourth-order valence-electron chi connectivity index (χ4n) is 2.65. The second-order valence-electron chi connectivity index (χ2n) is 5.72. The zero-order valence-electron chi connectivity index (χ0n) is 12.2. The van der Waals surface area contributed by atoms with Crippen molar-refractivity contribution < 1.29 is 13.5 Å². The van der Waals surface area contributed by atoms with Crippen molar-refractivity contribution in [1.29, 1.82) is 0 Å². The van der Waals surface area contributed by atoms with E-state index in [9.17, 15) is 13.5 Å². The lowest BCUT2D eigenvalue weighted by Gasteiger charge is -2.27. The highest BCUT2D eigenvalue weighted by atomic mass is 32.2. The first-order valence-corrected chi connectivity index (χ1v) is 8.87. The van der Waals surface area contributed by atoms with Crippen molar-refractivity contribution in [3.8, 4) is 0 Å². The summed E-state index contributed by atoms with van der Waals surface area (Å²) in [5, 5.41) is 10.3. The Hall–Kier alpha value is -0.910. The minimum atomic E-state index is -2.82. The van der Waals surface area contributed by atoms with E-state index in [1.54, 1.807) is 0 Å². The number of rotatable bonds is 4. The summed E-state index contributed by atoms with van der Waals surface area (Å²) in [6, 6.07) is 6.11. The maximum atomic E-state index is 11.4. The topological polar surface area (TPSA) is 57.6 Å². The molecule has 0 bridgehead atoms. The number of hydrogen-bond acceptors (Lipinski definition) is 4. The highest BCUT2D eigenvalue weighted by Gasteiger charge is 2.22. The van der Waals surface area contributed by atoms with E-state index in [-0.39, 0.29) is 11.5 Å². The van der Waals surface area contributed by atoms with Crippen LogP contribution in [0.4, 0.5) is 0 Å². The number of sulfone groups is 1. The van der Waals surface area contributed by atoms with Crippen LogP contribution in [0.2, 0.25) is 0 Å². The van der Waals surface area contributed by atoms with Crippen molar-refractivity contribution >= 4 is 9.84 Å². The summed E-state index contributed by atoms with van der Waals surface area (Å²) < 4.78 is 22.7. The van der Waals surface area contributed by atoms with Gasteiger partial charge in [-0.15, -0.1) is 0 Å². The molecule has 1 aliphatic heterocycles. The molecule has 1 N–H and O–H groups in total. The summed E-state index contributed by atoms with van der Waals surface area (Å²) in [6.45, 7) is 5.96. The van der Waals surface area contributed by atoms with Crippen molar-refractivity contribution in [2.24, 2.45) is 0 Å². The third-order valence-electron chi connectivity index (χ3n) is 3.78. The van der Waals surface area contributed by atoms with E-state index in [2.05, 4.69) is 11.0 Å². The molecule has 1 fully saturated rings. The molecular formula is C15H23NO3S. The van der Waals surface area contributed by atoms with Gasteiger partial charge in [0.2, 0.25) is 0 Å². The molecule has 0 saturated carbocycles. The van der Waals surface area contributed by atoms with E-state index >= 15 is 0 Å². The lowest BCUT2D eigenvalue weighted by Crippen LogP contribution is -2.40. The van der Waals surface area contributed by atoms with Gasteiger partial charge < -0.3 is 10.0 Å². The number of aliphatic hydroxyl groups excluding tert-OH is 1. The number of nitrogens with zero attached hydrogens (tertiary/aromatic N) is 1. The lowest BCUT2D eigenvalue weighted by atomic mass is 10.0. The molecule has 1 atom stereocenters. The normalized spacial score (nSPS) is 20.8. The third-order valence-corrected chi connectivity index (χ3v) is 5.39. The van der Waals surface area contributed by atoms with Crippen LogP contribution in [0.5, 0.6) is 0 Å². The number of benzene rings is 1. The average molecular weight is 297 g/mol. The Balaban J connectivity index is 1.88. The predicted molar refractivity (Wildman–Crippen MR) is 80.6 cm³/mol. The maximum absolute atomic E-state index is 11.4. The summed E-state index contributed by atoms with van der Waals surface area (Å²) in [4.78, 5) is 2.12. The number of aliphatic hydroxyl groups is 1. The van der Waals surface area contributed by atoms with Crippen LogP contribution in [0.15, 0.2) is 18.2 Å². The summed E-state index contributed by atoms with van der Waals surface area (Å²) in [5.74, 6) is 0.485. The van der Waals surface area contributed by atoms with Crippen molar-refractivity contribution in [1.82, 2.24) is 4.90 Å². The molecule has 0 aromatic heterocycles. The van der Waals surface area contributed by atoms with Crippen LogP contribution in [-0.4, -0.2) is 49.6 Å². The first kappa shape index (κ1) is 15.5. The third kappa shape index (κ3) is 4.30. The van der Waals surface area contributed by atoms with Crippen molar-refractivity contribution in [2.75, 3.05) is 31.1 Å². The molecule has 1 unspecified atom stereocenters. The van der Waals surface area contributed by atoms with E-state index in [0.29, 0.717) is 19.5 Å². The van der Waals surface area contributed by atoms with Crippen molar-refractivity contribution in [3.05, 3.63) is 34.9 Å².